The van der Waals surface area contributed by atoms with Crippen LogP contribution in [0.1, 0.15) is 43.4 Å². The fourth-order valence-electron chi connectivity index (χ4n) is 5.38. The largest absolute Gasteiger partial charge is 0.391 e. The predicted octanol–water partition coefficient (Wildman–Crippen LogP) is 2.73. The Balaban J connectivity index is 1.41. The average Bonchev–Trinajstić information content (AvgIpc) is 3.26. The van der Waals surface area contributed by atoms with E-state index < -0.39 is 6.10 Å². The van der Waals surface area contributed by atoms with Gasteiger partial charge in [0.05, 0.1) is 11.8 Å². The van der Waals surface area contributed by atoms with Gasteiger partial charge in [0.15, 0.2) is 0 Å². The lowest BCUT2D eigenvalue weighted by molar-refractivity contribution is -0.139. The Morgan fingerprint density at radius 2 is 1.81 bits per heavy atom. The number of nitrogens with zero attached hydrogens (tertiary/aromatic N) is 3. The minimum absolute atomic E-state index is 0.116. The van der Waals surface area contributed by atoms with Crippen LogP contribution in [-0.2, 0) is 10.2 Å². The Morgan fingerprint density at radius 1 is 1.06 bits per heavy atom. The summed E-state index contributed by atoms with van der Waals surface area (Å²) in [6.45, 7) is 1.39. The van der Waals surface area contributed by atoms with Crippen molar-refractivity contribution in [2.75, 3.05) is 13.1 Å². The van der Waals surface area contributed by atoms with Gasteiger partial charge in [-0.3, -0.25) is 4.79 Å². The van der Waals surface area contributed by atoms with Crippen molar-refractivity contribution in [1.82, 2.24) is 14.3 Å². The highest BCUT2D eigenvalue weighted by atomic mass is 16.3. The number of fused-ring (bicyclic) bond motifs is 1. The van der Waals surface area contributed by atoms with Crippen molar-refractivity contribution < 1.29 is 9.90 Å². The summed E-state index contributed by atoms with van der Waals surface area (Å²) < 4.78 is 2.07. The second kappa shape index (κ2) is 8.09. The summed E-state index contributed by atoms with van der Waals surface area (Å²) in [5.74, 6) is 0.0526. The molecule has 1 aliphatic heterocycles. The molecule has 1 amide bonds. The molecule has 1 saturated carbocycles. The van der Waals surface area contributed by atoms with E-state index in [1.807, 2.05) is 35.4 Å². The van der Waals surface area contributed by atoms with E-state index in [1.165, 1.54) is 5.56 Å². The molecule has 2 aliphatic rings. The van der Waals surface area contributed by atoms with Crippen LogP contribution in [-0.4, -0.2) is 50.5 Å². The Morgan fingerprint density at radius 3 is 2.52 bits per heavy atom. The second-order valence-electron chi connectivity index (χ2n) is 9.11. The molecule has 0 unspecified atom stereocenters. The Bertz CT molecular complexity index is 1020. The number of amides is 1. The first-order valence-electron chi connectivity index (χ1n) is 11.3. The van der Waals surface area contributed by atoms with Crippen LogP contribution in [0.25, 0.3) is 5.65 Å². The first-order valence-corrected chi connectivity index (χ1v) is 11.3. The molecule has 3 heterocycles. The number of aliphatic hydroxyl groups is 1. The molecule has 31 heavy (non-hydrogen) atoms. The monoisotopic (exact) mass is 418 g/mol. The van der Waals surface area contributed by atoms with Crippen LogP contribution in [0.3, 0.4) is 0 Å². The van der Waals surface area contributed by atoms with Crippen LogP contribution in [0.4, 0.5) is 0 Å². The van der Waals surface area contributed by atoms with Crippen LogP contribution in [0.5, 0.6) is 0 Å². The van der Waals surface area contributed by atoms with Gasteiger partial charge in [-0.2, -0.15) is 0 Å². The van der Waals surface area contributed by atoms with Gasteiger partial charge in [-0.1, -0.05) is 36.4 Å². The number of pyridine rings is 1. The average molecular weight is 419 g/mol. The molecule has 3 atom stereocenters. The van der Waals surface area contributed by atoms with Gasteiger partial charge in [-0.05, 0) is 49.8 Å². The number of hydrogen-bond donors (Lipinski definition) is 2. The molecule has 3 N–H and O–H groups in total. The zero-order chi connectivity index (χ0) is 21.4. The highest BCUT2D eigenvalue weighted by Gasteiger charge is 2.42. The number of benzene rings is 1. The van der Waals surface area contributed by atoms with Gasteiger partial charge < -0.3 is 20.1 Å². The van der Waals surface area contributed by atoms with Crippen molar-refractivity contribution in [1.29, 1.82) is 0 Å². The molecule has 2 aromatic heterocycles. The summed E-state index contributed by atoms with van der Waals surface area (Å²) in [5, 5.41) is 10.1. The molecular weight excluding hydrogens is 388 g/mol. The third-order valence-corrected chi connectivity index (χ3v) is 7.33. The molecule has 0 spiro atoms. The van der Waals surface area contributed by atoms with Crippen molar-refractivity contribution in [2.24, 2.45) is 11.7 Å². The topological polar surface area (TPSA) is 83.9 Å². The number of nitrogens with two attached hydrogens (primary N) is 1. The smallest absolute Gasteiger partial charge is 0.225 e. The molecule has 1 saturated heterocycles. The third kappa shape index (κ3) is 3.64. The molecule has 5 rings (SSSR count). The Kier molecular flexibility index (Phi) is 5.28. The zero-order valence-electron chi connectivity index (χ0n) is 17.7. The lowest BCUT2D eigenvalue weighted by atomic mass is 9.70. The highest BCUT2D eigenvalue weighted by molar-refractivity contribution is 5.79. The van der Waals surface area contributed by atoms with Gasteiger partial charge in [0, 0.05) is 42.9 Å². The highest BCUT2D eigenvalue weighted by Crippen LogP contribution is 2.42. The van der Waals surface area contributed by atoms with E-state index in [0.29, 0.717) is 25.9 Å². The van der Waals surface area contributed by atoms with Gasteiger partial charge in [0.25, 0.3) is 0 Å². The van der Waals surface area contributed by atoms with E-state index in [0.717, 1.165) is 30.6 Å². The lowest BCUT2D eigenvalue weighted by Crippen LogP contribution is -2.50. The van der Waals surface area contributed by atoms with Crippen molar-refractivity contribution in [2.45, 2.75) is 49.7 Å². The van der Waals surface area contributed by atoms with Crippen LogP contribution < -0.4 is 5.73 Å². The standard InChI is InChI=1S/C25H30N4O2/c26-20-10-9-18(16-21(20)30)24(31)28-14-11-25(12-15-28,19-6-2-1-3-7-19)22-17-29-13-5-4-8-23(29)27-22/h1-8,13,17-18,20-21,30H,9-12,14-16,26H2/t18-,20-,21-/m0/s1. The van der Waals surface area contributed by atoms with Crippen LogP contribution in [0, 0.1) is 5.92 Å². The van der Waals surface area contributed by atoms with E-state index >= 15 is 0 Å². The van der Waals surface area contributed by atoms with Crippen molar-refractivity contribution in [3.63, 3.8) is 0 Å². The van der Waals surface area contributed by atoms with Crippen LogP contribution in [0.15, 0.2) is 60.9 Å². The molecular formula is C25H30N4O2. The minimum Gasteiger partial charge on any atom is -0.391 e. The van der Waals surface area contributed by atoms with Crippen molar-refractivity contribution >= 4 is 11.6 Å². The second-order valence-corrected chi connectivity index (χ2v) is 9.11. The molecule has 2 fully saturated rings. The van der Waals surface area contributed by atoms with E-state index in [9.17, 15) is 9.90 Å². The zero-order valence-corrected chi connectivity index (χ0v) is 17.7. The molecule has 162 valence electrons. The summed E-state index contributed by atoms with van der Waals surface area (Å²) >= 11 is 0. The summed E-state index contributed by atoms with van der Waals surface area (Å²) in [4.78, 5) is 20.2. The number of carbonyl (C=O) groups is 1. The normalized spacial score (nSPS) is 26.1. The van der Waals surface area contributed by atoms with Gasteiger partial charge in [-0.25, -0.2) is 4.98 Å². The van der Waals surface area contributed by atoms with Crippen LogP contribution in [0.2, 0.25) is 0 Å². The number of rotatable bonds is 3. The SMILES string of the molecule is N[C@H]1CC[C@H](C(=O)N2CCC(c3ccccc3)(c3cn4ccccc4n3)CC2)C[C@@H]1O. The van der Waals surface area contributed by atoms with E-state index in [4.69, 9.17) is 10.7 Å². The van der Waals surface area contributed by atoms with Crippen molar-refractivity contribution in [3.05, 3.63) is 72.2 Å². The summed E-state index contributed by atoms with van der Waals surface area (Å²) in [7, 11) is 0. The number of aliphatic hydroxyl groups excluding tert-OH is 1. The molecule has 0 bridgehead atoms. The number of piperidine rings is 1. The molecule has 1 aromatic carbocycles. The molecule has 0 radical (unpaired) electrons. The Labute approximate surface area is 182 Å². The number of hydrogen-bond acceptors (Lipinski definition) is 4. The lowest BCUT2D eigenvalue weighted by Gasteiger charge is -2.43. The molecule has 6 heteroatoms. The summed E-state index contributed by atoms with van der Waals surface area (Å²) in [6.07, 6.45) is 7.22. The quantitative estimate of drug-likeness (QED) is 0.685. The fourth-order valence-corrected chi connectivity index (χ4v) is 5.38. The van der Waals surface area contributed by atoms with Gasteiger partial charge in [0.1, 0.15) is 5.65 Å². The number of imidazole rings is 1. The summed E-state index contributed by atoms with van der Waals surface area (Å²) in [5.41, 5.74) is 8.99. The first-order chi connectivity index (χ1) is 15.1. The molecule has 3 aromatic rings. The third-order valence-electron chi connectivity index (χ3n) is 7.33. The van der Waals surface area contributed by atoms with Gasteiger partial charge in [0.2, 0.25) is 5.91 Å². The maximum Gasteiger partial charge on any atom is 0.225 e. The number of likely N-dealkylation sites (tertiary alicyclic amines) is 1. The first kappa shape index (κ1) is 20.2. The van der Waals surface area contributed by atoms with E-state index in [2.05, 4.69) is 34.9 Å². The summed E-state index contributed by atoms with van der Waals surface area (Å²) in [6, 6.07) is 16.4. The van der Waals surface area contributed by atoms with Gasteiger partial charge >= 0.3 is 0 Å². The number of carbonyl (C=O) groups excluding carboxylic acids is 1. The number of aromatic nitrogens is 2. The fraction of sp³-hybridized carbons (Fsp3) is 0.440. The maximum atomic E-state index is 13.2. The van der Waals surface area contributed by atoms with E-state index in [-0.39, 0.29) is 23.3 Å². The molecule has 1 aliphatic carbocycles. The van der Waals surface area contributed by atoms with Gasteiger partial charge in [-0.15, -0.1) is 0 Å². The Hall–Kier alpha value is -2.70. The predicted molar refractivity (Wildman–Crippen MR) is 120 cm³/mol. The minimum atomic E-state index is -0.575. The van der Waals surface area contributed by atoms with Crippen molar-refractivity contribution in [3.8, 4) is 0 Å². The van der Waals surface area contributed by atoms with E-state index in [1.54, 1.807) is 0 Å². The maximum absolute atomic E-state index is 13.2. The molecule has 6 nitrogen and oxygen atoms in total. The van der Waals surface area contributed by atoms with Crippen LogP contribution >= 0.6 is 0 Å².